The van der Waals surface area contributed by atoms with E-state index in [-0.39, 0.29) is 18.0 Å². The molecule has 1 aliphatic rings. The van der Waals surface area contributed by atoms with Crippen LogP contribution in [-0.2, 0) is 5.54 Å². The standard InChI is InChI=1S/C14H23N3O2/c1-9(18)8-15-13(19)11-7-12(10-5-6-10)17(16-11)14(2,3)4/h7,9-10,18H,5-6,8H2,1-4H3,(H,15,19). The molecule has 0 aliphatic heterocycles. The van der Waals surface area contributed by atoms with Crippen molar-refractivity contribution in [3.63, 3.8) is 0 Å². The molecule has 1 saturated carbocycles. The molecule has 106 valence electrons. The van der Waals surface area contributed by atoms with E-state index in [9.17, 15) is 9.90 Å². The Bertz CT molecular complexity index is 468. The summed E-state index contributed by atoms with van der Waals surface area (Å²) in [5.41, 5.74) is 1.47. The molecule has 1 atom stereocenters. The summed E-state index contributed by atoms with van der Waals surface area (Å²) in [6, 6.07) is 1.89. The van der Waals surface area contributed by atoms with E-state index in [0.29, 0.717) is 11.6 Å². The van der Waals surface area contributed by atoms with Gasteiger partial charge in [-0.05, 0) is 46.6 Å². The fourth-order valence-electron chi connectivity index (χ4n) is 2.04. The third-order valence-corrected chi connectivity index (χ3v) is 3.16. The van der Waals surface area contributed by atoms with Gasteiger partial charge in [0.05, 0.1) is 11.6 Å². The number of hydrogen-bond acceptors (Lipinski definition) is 3. The summed E-state index contributed by atoms with van der Waals surface area (Å²) in [6.45, 7) is 8.15. The number of carbonyl (C=O) groups excluding carboxylic acids is 1. The van der Waals surface area contributed by atoms with E-state index in [1.54, 1.807) is 6.92 Å². The summed E-state index contributed by atoms with van der Waals surface area (Å²) in [5.74, 6) is 0.329. The molecule has 5 heteroatoms. The van der Waals surface area contributed by atoms with Gasteiger partial charge in [0, 0.05) is 18.2 Å². The highest BCUT2D eigenvalue weighted by Gasteiger charge is 2.32. The van der Waals surface area contributed by atoms with E-state index in [0.717, 1.165) is 5.69 Å². The van der Waals surface area contributed by atoms with Gasteiger partial charge in [-0.2, -0.15) is 5.10 Å². The first-order valence-electron chi connectivity index (χ1n) is 6.85. The van der Waals surface area contributed by atoms with Crippen molar-refractivity contribution in [1.82, 2.24) is 15.1 Å². The van der Waals surface area contributed by atoms with Gasteiger partial charge >= 0.3 is 0 Å². The van der Waals surface area contributed by atoms with E-state index >= 15 is 0 Å². The van der Waals surface area contributed by atoms with Crippen LogP contribution >= 0.6 is 0 Å². The fourth-order valence-corrected chi connectivity index (χ4v) is 2.04. The van der Waals surface area contributed by atoms with Crippen LogP contribution in [0.25, 0.3) is 0 Å². The van der Waals surface area contributed by atoms with Gasteiger partial charge in [-0.15, -0.1) is 0 Å². The normalized spacial score (nSPS) is 17.3. The van der Waals surface area contributed by atoms with Crippen molar-refractivity contribution in [1.29, 1.82) is 0 Å². The van der Waals surface area contributed by atoms with Crippen LogP contribution in [0.5, 0.6) is 0 Å². The van der Waals surface area contributed by atoms with E-state index in [2.05, 4.69) is 31.2 Å². The number of aliphatic hydroxyl groups excluding tert-OH is 1. The summed E-state index contributed by atoms with van der Waals surface area (Å²) in [5, 5.41) is 16.3. The Morgan fingerprint density at radius 3 is 2.68 bits per heavy atom. The number of amides is 1. The van der Waals surface area contributed by atoms with Crippen LogP contribution < -0.4 is 5.32 Å². The van der Waals surface area contributed by atoms with Gasteiger partial charge in [0.25, 0.3) is 5.91 Å². The van der Waals surface area contributed by atoms with Crippen LogP contribution in [-0.4, -0.2) is 33.4 Å². The van der Waals surface area contributed by atoms with Gasteiger partial charge in [0.15, 0.2) is 0 Å². The van der Waals surface area contributed by atoms with Crippen molar-refractivity contribution in [3.8, 4) is 0 Å². The fraction of sp³-hybridized carbons (Fsp3) is 0.714. The van der Waals surface area contributed by atoms with Gasteiger partial charge in [-0.25, -0.2) is 0 Å². The highest BCUT2D eigenvalue weighted by molar-refractivity contribution is 5.92. The molecular weight excluding hydrogens is 242 g/mol. The van der Waals surface area contributed by atoms with Crippen molar-refractivity contribution in [2.24, 2.45) is 0 Å². The minimum absolute atomic E-state index is 0.124. The second-order valence-electron chi connectivity index (χ2n) is 6.37. The Morgan fingerprint density at radius 1 is 1.58 bits per heavy atom. The maximum absolute atomic E-state index is 12.0. The van der Waals surface area contributed by atoms with Crippen LogP contribution in [0.4, 0.5) is 0 Å². The largest absolute Gasteiger partial charge is 0.392 e. The first-order chi connectivity index (χ1) is 8.79. The topological polar surface area (TPSA) is 67.2 Å². The molecule has 1 aliphatic carbocycles. The molecule has 0 aromatic carbocycles. The molecule has 1 amide bonds. The first-order valence-corrected chi connectivity index (χ1v) is 6.85. The molecule has 2 rings (SSSR count). The summed E-state index contributed by atoms with van der Waals surface area (Å²) in [7, 11) is 0. The Morgan fingerprint density at radius 2 is 2.21 bits per heavy atom. The lowest BCUT2D eigenvalue weighted by molar-refractivity contribution is 0.0917. The average molecular weight is 265 g/mol. The second kappa shape index (κ2) is 4.96. The zero-order chi connectivity index (χ0) is 14.2. The molecule has 1 aromatic heterocycles. The lowest BCUT2D eigenvalue weighted by Crippen LogP contribution is -2.31. The van der Waals surface area contributed by atoms with Gasteiger partial charge < -0.3 is 10.4 Å². The summed E-state index contributed by atoms with van der Waals surface area (Å²) in [6.07, 6.45) is 1.81. The Balaban J connectivity index is 2.20. The van der Waals surface area contributed by atoms with Crippen LogP contribution in [0, 0.1) is 0 Å². The SMILES string of the molecule is CC(O)CNC(=O)c1cc(C2CC2)n(C(C)(C)C)n1. The zero-order valence-electron chi connectivity index (χ0n) is 12.1. The van der Waals surface area contributed by atoms with Gasteiger partial charge in [0.1, 0.15) is 5.69 Å². The molecule has 1 heterocycles. The molecule has 0 radical (unpaired) electrons. The highest BCUT2D eigenvalue weighted by atomic mass is 16.3. The molecule has 1 unspecified atom stereocenters. The molecule has 0 bridgehead atoms. The minimum Gasteiger partial charge on any atom is -0.392 e. The van der Waals surface area contributed by atoms with E-state index in [1.165, 1.54) is 12.8 Å². The van der Waals surface area contributed by atoms with Gasteiger partial charge in [-0.3, -0.25) is 9.48 Å². The molecule has 1 fully saturated rings. The van der Waals surface area contributed by atoms with Crippen molar-refractivity contribution in [2.75, 3.05) is 6.54 Å². The molecule has 0 spiro atoms. The number of carbonyl (C=O) groups is 1. The quantitative estimate of drug-likeness (QED) is 0.869. The Kier molecular flexibility index (Phi) is 3.67. The van der Waals surface area contributed by atoms with E-state index in [4.69, 9.17) is 0 Å². The smallest absolute Gasteiger partial charge is 0.271 e. The number of aromatic nitrogens is 2. The molecule has 1 aromatic rings. The Labute approximate surface area is 114 Å². The zero-order valence-corrected chi connectivity index (χ0v) is 12.1. The maximum atomic E-state index is 12.0. The molecule has 0 saturated heterocycles. The number of aliphatic hydroxyl groups is 1. The average Bonchev–Trinajstić information content (AvgIpc) is 3.03. The maximum Gasteiger partial charge on any atom is 0.271 e. The molecule has 5 nitrogen and oxygen atoms in total. The monoisotopic (exact) mass is 265 g/mol. The van der Waals surface area contributed by atoms with Crippen molar-refractivity contribution in [2.45, 2.75) is 58.1 Å². The first kappa shape index (κ1) is 14.1. The van der Waals surface area contributed by atoms with Gasteiger partial charge in [0.2, 0.25) is 0 Å². The second-order valence-corrected chi connectivity index (χ2v) is 6.37. The van der Waals surface area contributed by atoms with Crippen molar-refractivity contribution < 1.29 is 9.90 Å². The summed E-state index contributed by atoms with van der Waals surface area (Å²) < 4.78 is 1.96. The van der Waals surface area contributed by atoms with E-state index < -0.39 is 6.10 Å². The van der Waals surface area contributed by atoms with Crippen LogP contribution in [0.3, 0.4) is 0 Å². The molecule has 2 N–H and O–H groups in total. The number of hydrogen-bond donors (Lipinski definition) is 2. The van der Waals surface area contributed by atoms with Crippen molar-refractivity contribution in [3.05, 3.63) is 17.5 Å². The van der Waals surface area contributed by atoms with E-state index in [1.807, 2.05) is 10.7 Å². The third-order valence-electron chi connectivity index (χ3n) is 3.16. The van der Waals surface area contributed by atoms with Crippen LogP contribution in [0.15, 0.2) is 6.07 Å². The highest BCUT2D eigenvalue weighted by Crippen LogP contribution is 2.41. The van der Waals surface area contributed by atoms with Crippen molar-refractivity contribution >= 4 is 5.91 Å². The molecule has 19 heavy (non-hydrogen) atoms. The lowest BCUT2D eigenvalue weighted by atomic mass is 10.1. The predicted molar refractivity (Wildman–Crippen MR) is 73.2 cm³/mol. The minimum atomic E-state index is -0.545. The lowest BCUT2D eigenvalue weighted by Gasteiger charge is -2.22. The van der Waals surface area contributed by atoms with Gasteiger partial charge in [-0.1, -0.05) is 0 Å². The summed E-state index contributed by atoms with van der Waals surface area (Å²) in [4.78, 5) is 12.0. The Hall–Kier alpha value is -1.36. The number of nitrogens with one attached hydrogen (secondary N) is 1. The summed E-state index contributed by atoms with van der Waals surface area (Å²) >= 11 is 0. The predicted octanol–water partition coefficient (Wildman–Crippen LogP) is 1.63. The number of rotatable bonds is 4. The molecular formula is C14H23N3O2. The third kappa shape index (κ3) is 3.35. The number of nitrogens with zero attached hydrogens (tertiary/aromatic N) is 2. The van der Waals surface area contributed by atoms with Crippen LogP contribution in [0.2, 0.25) is 0 Å². The van der Waals surface area contributed by atoms with Crippen LogP contribution in [0.1, 0.15) is 62.6 Å².